The van der Waals surface area contributed by atoms with E-state index in [0.717, 1.165) is 6.07 Å². The minimum absolute atomic E-state index is 0.0446. The zero-order valence-corrected chi connectivity index (χ0v) is 11.5. The van der Waals surface area contributed by atoms with Crippen LogP contribution in [0.3, 0.4) is 0 Å². The number of hydrogen-bond acceptors (Lipinski definition) is 3. The van der Waals surface area contributed by atoms with Crippen molar-refractivity contribution >= 4 is 23.1 Å². The molecule has 0 aliphatic heterocycles. The molecule has 2 aromatic rings. The van der Waals surface area contributed by atoms with Gasteiger partial charge in [0.1, 0.15) is 11.6 Å². The van der Waals surface area contributed by atoms with Crippen molar-refractivity contribution in [1.29, 1.82) is 0 Å². The van der Waals surface area contributed by atoms with Crippen molar-refractivity contribution in [2.45, 2.75) is 6.54 Å². The molecular weight excluding hydrogens is 300 g/mol. The van der Waals surface area contributed by atoms with Gasteiger partial charge in [-0.25, -0.2) is 8.78 Å². The molecule has 0 radical (unpaired) electrons. The number of halogens is 3. The molecule has 0 amide bonds. The van der Waals surface area contributed by atoms with E-state index >= 15 is 0 Å². The first-order chi connectivity index (χ1) is 10.0. The van der Waals surface area contributed by atoms with E-state index in [1.165, 1.54) is 30.3 Å². The van der Waals surface area contributed by atoms with Gasteiger partial charge in [0.15, 0.2) is 5.84 Å². The minimum Gasteiger partial charge on any atom is -0.409 e. The summed E-state index contributed by atoms with van der Waals surface area (Å²) in [7, 11) is 0. The highest BCUT2D eigenvalue weighted by Gasteiger charge is 2.09. The third-order valence-electron chi connectivity index (χ3n) is 2.87. The molecule has 0 saturated heterocycles. The predicted octanol–water partition coefficient (Wildman–Crippen LogP) is 3.32. The Bertz CT molecular complexity index is 672. The van der Waals surface area contributed by atoms with Gasteiger partial charge in [-0.1, -0.05) is 35.0 Å². The lowest BCUT2D eigenvalue weighted by Gasteiger charge is -2.10. The first-order valence-electron chi connectivity index (χ1n) is 5.97. The van der Waals surface area contributed by atoms with Crippen LogP contribution in [-0.2, 0) is 6.54 Å². The molecule has 0 fully saturated rings. The van der Waals surface area contributed by atoms with Crippen LogP contribution < -0.4 is 11.1 Å². The minimum atomic E-state index is -0.556. The zero-order valence-electron chi connectivity index (χ0n) is 10.8. The number of para-hydroxylation sites is 1. The van der Waals surface area contributed by atoms with Gasteiger partial charge in [-0.3, -0.25) is 0 Å². The van der Waals surface area contributed by atoms with Gasteiger partial charge >= 0.3 is 0 Å². The van der Waals surface area contributed by atoms with E-state index in [1.807, 2.05) is 0 Å². The van der Waals surface area contributed by atoms with E-state index in [9.17, 15) is 8.78 Å². The molecule has 0 heterocycles. The Morgan fingerprint density at radius 1 is 1.24 bits per heavy atom. The normalized spacial score (nSPS) is 11.5. The fourth-order valence-corrected chi connectivity index (χ4v) is 1.99. The van der Waals surface area contributed by atoms with Gasteiger partial charge < -0.3 is 16.3 Å². The summed E-state index contributed by atoms with van der Waals surface area (Å²) < 4.78 is 27.5. The number of anilines is 1. The Kier molecular flexibility index (Phi) is 4.59. The Hall–Kier alpha value is -2.34. The summed E-state index contributed by atoms with van der Waals surface area (Å²) in [5, 5.41) is 14.3. The third-order valence-corrected chi connectivity index (χ3v) is 3.19. The van der Waals surface area contributed by atoms with Gasteiger partial charge in [0.25, 0.3) is 0 Å². The fourth-order valence-electron chi connectivity index (χ4n) is 1.76. The third kappa shape index (κ3) is 3.41. The Balaban J connectivity index is 2.18. The Labute approximate surface area is 124 Å². The van der Waals surface area contributed by atoms with Crippen molar-refractivity contribution < 1.29 is 14.0 Å². The number of amidine groups is 1. The van der Waals surface area contributed by atoms with Gasteiger partial charge in [-0.15, -0.1) is 0 Å². The van der Waals surface area contributed by atoms with Crippen molar-refractivity contribution in [2.24, 2.45) is 10.9 Å². The molecule has 7 heteroatoms. The van der Waals surface area contributed by atoms with Crippen molar-refractivity contribution in [1.82, 2.24) is 0 Å². The molecule has 0 saturated carbocycles. The number of benzene rings is 2. The fraction of sp³-hybridized carbons (Fsp3) is 0.0714. The summed E-state index contributed by atoms with van der Waals surface area (Å²) in [6, 6.07) is 8.36. The second-order valence-corrected chi connectivity index (χ2v) is 4.65. The van der Waals surface area contributed by atoms with Crippen LogP contribution in [0.5, 0.6) is 0 Å². The molecule has 4 N–H and O–H groups in total. The molecule has 21 heavy (non-hydrogen) atoms. The molecule has 110 valence electrons. The zero-order chi connectivity index (χ0) is 15.4. The van der Waals surface area contributed by atoms with Crippen LogP contribution in [0, 0.1) is 11.6 Å². The molecule has 2 rings (SSSR count). The second-order valence-electron chi connectivity index (χ2n) is 4.24. The number of nitrogens with zero attached hydrogens (tertiary/aromatic N) is 1. The Morgan fingerprint density at radius 2 is 2.00 bits per heavy atom. The first kappa shape index (κ1) is 15.1. The molecule has 0 aromatic heterocycles. The van der Waals surface area contributed by atoms with Gasteiger partial charge in [0.2, 0.25) is 0 Å². The van der Waals surface area contributed by atoms with Crippen molar-refractivity contribution in [3.8, 4) is 0 Å². The second kappa shape index (κ2) is 6.41. The van der Waals surface area contributed by atoms with Crippen molar-refractivity contribution in [3.05, 3.63) is 64.2 Å². The summed E-state index contributed by atoms with van der Waals surface area (Å²) in [5.41, 5.74) is 6.03. The number of oxime groups is 1. The molecule has 0 spiro atoms. The van der Waals surface area contributed by atoms with Crippen molar-refractivity contribution in [2.75, 3.05) is 5.32 Å². The van der Waals surface area contributed by atoms with Crippen LogP contribution in [0.2, 0.25) is 5.02 Å². The monoisotopic (exact) mass is 311 g/mol. The number of nitrogens with one attached hydrogen (secondary N) is 1. The van der Waals surface area contributed by atoms with E-state index < -0.39 is 11.6 Å². The van der Waals surface area contributed by atoms with Gasteiger partial charge in [0.05, 0.1) is 10.7 Å². The lowest BCUT2D eigenvalue weighted by molar-refractivity contribution is 0.318. The van der Waals surface area contributed by atoms with Crippen LogP contribution >= 0.6 is 11.6 Å². The topological polar surface area (TPSA) is 70.6 Å². The highest BCUT2D eigenvalue weighted by molar-refractivity contribution is 6.33. The maximum atomic E-state index is 13.9. The average Bonchev–Trinajstić information content (AvgIpc) is 2.47. The van der Waals surface area contributed by atoms with E-state index in [2.05, 4.69) is 10.5 Å². The summed E-state index contributed by atoms with van der Waals surface area (Å²) in [6.45, 7) is 0.0446. The molecule has 0 aliphatic carbocycles. The summed E-state index contributed by atoms with van der Waals surface area (Å²) in [5.74, 6) is -1.26. The van der Waals surface area contributed by atoms with E-state index in [0.29, 0.717) is 5.56 Å². The van der Waals surface area contributed by atoms with Crippen LogP contribution in [0.1, 0.15) is 11.1 Å². The lowest BCUT2D eigenvalue weighted by atomic mass is 10.1. The van der Waals surface area contributed by atoms with Crippen LogP contribution in [0.4, 0.5) is 14.5 Å². The van der Waals surface area contributed by atoms with Crippen LogP contribution in [0.25, 0.3) is 0 Å². The summed E-state index contributed by atoms with van der Waals surface area (Å²) in [6.07, 6.45) is 0. The van der Waals surface area contributed by atoms with Crippen LogP contribution in [-0.4, -0.2) is 11.0 Å². The number of hydrogen-bond donors (Lipinski definition) is 3. The smallest absolute Gasteiger partial charge is 0.170 e. The standard InChI is InChI=1S/C14H12ClF2N3O/c15-10-2-1-3-11(16)13(10)19-7-9-5-4-8(6-12(9)17)14(18)20-21/h1-6,19,21H,7H2,(H2,18,20). The summed E-state index contributed by atoms with van der Waals surface area (Å²) in [4.78, 5) is 0. The summed E-state index contributed by atoms with van der Waals surface area (Å²) >= 11 is 5.86. The molecule has 2 aromatic carbocycles. The van der Waals surface area contributed by atoms with Gasteiger partial charge in [-0.05, 0) is 18.2 Å². The quantitative estimate of drug-likeness (QED) is 0.351. The van der Waals surface area contributed by atoms with E-state index in [4.69, 9.17) is 22.5 Å². The first-order valence-corrected chi connectivity index (χ1v) is 6.35. The predicted molar refractivity (Wildman–Crippen MR) is 77.6 cm³/mol. The van der Waals surface area contributed by atoms with Gasteiger partial charge in [0, 0.05) is 17.7 Å². The van der Waals surface area contributed by atoms with Crippen molar-refractivity contribution in [3.63, 3.8) is 0 Å². The SMILES string of the molecule is N/C(=N/O)c1ccc(CNc2c(F)cccc2Cl)c(F)c1. The van der Waals surface area contributed by atoms with E-state index in [-0.39, 0.29) is 28.7 Å². The van der Waals surface area contributed by atoms with E-state index in [1.54, 1.807) is 0 Å². The molecule has 4 nitrogen and oxygen atoms in total. The molecule has 0 bridgehead atoms. The highest BCUT2D eigenvalue weighted by Crippen LogP contribution is 2.25. The lowest BCUT2D eigenvalue weighted by Crippen LogP contribution is -2.14. The maximum absolute atomic E-state index is 13.9. The number of rotatable bonds is 4. The largest absolute Gasteiger partial charge is 0.409 e. The maximum Gasteiger partial charge on any atom is 0.170 e. The molecule has 0 atom stereocenters. The highest BCUT2D eigenvalue weighted by atomic mass is 35.5. The molecule has 0 aliphatic rings. The molecule has 0 unspecified atom stereocenters. The average molecular weight is 312 g/mol. The molecular formula is C14H12ClF2N3O. The van der Waals surface area contributed by atoms with Gasteiger partial charge in [-0.2, -0.15) is 0 Å². The Morgan fingerprint density at radius 3 is 2.62 bits per heavy atom. The number of nitrogens with two attached hydrogens (primary N) is 1. The van der Waals surface area contributed by atoms with Crippen LogP contribution in [0.15, 0.2) is 41.6 Å².